The fourth-order valence-electron chi connectivity index (χ4n) is 1.93. The molecule has 0 spiro atoms. The van der Waals surface area contributed by atoms with Gasteiger partial charge in [0.2, 0.25) is 10.0 Å². The quantitative estimate of drug-likeness (QED) is 0.751. The fraction of sp³-hybridized carbons (Fsp3) is 0.636. The molecule has 0 saturated carbocycles. The number of nitrogens with zero attached hydrogens (tertiary/aromatic N) is 3. The lowest BCUT2D eigenvalue weighted by molar-refractivity contribution is -0.130. The Morgan fingerprint density at radius 1 is 1.36 bits per heavy atom. The van der Waals surface area contributed by atoms with E-state index in [1.54, 1.807) is 0 Å². The van der Waals surface area contributed by atoms with E-state index in [0.29, 0.717) is 10.9 Å². The van der Waals surface area contributed by atoms with E-state index in [1.165, 1.54) is 12.4 Å². The Morgan fingerprint density at radius 3 is 2.59 bits per heavy atom. The van der Waals surface area contributed by atoms with Gasteiger partial charge >= 0.3 is 12.2 Å². The largest absolute Gasteiger partial charge is 0.459 e. The van der Waals surface area contributed by atoms with E-state index in [4.69, 9.17) is 4.74 Å². The van der Waals surface area contributed by atoms with Crippen molar-refractivity contribution in [2.75, 3.05) is 18.8 Å². The maximum atomic E-state index is 12.1. The molecule has 22 heavy (non-hydrogen) atoms. The Hall–Kier alpha value is -0.940. The van der Waals surface area contributed by atoms with Crippen molar-refractivity contribution in [2.45, 2.75) is 25.1 Å². The van der Waals surface area contributed by atoms with Crippen molar-refractivity contribution >= 4 is 26.0 Å². The number of halogens is 4. The molecule has 1 fully saturated rings. The van der Waals surface area contributed by atoms with Gasteiger partial charge in [0.15, 0.2) is 0 Å². The second-order valence-corrected chi connectivity index (χ2v) is 7.76. The summed E-state index contributed by atoms with van der Waals surface area (Å²) in [6.45, 7) is 0.126. The lowest BCUT2D eigenvalue weighted by atomic mass is 10.3. The topological polar surface area (TPSA) is 72.4 Å². The molecule has 0 unspecified atom stereocenters. The van der Waals surface area contributed by atoms with Gasteiger partial charge in [0, 0.05) is 18.9 Å². The molecule has 0 N–H and O–H groups in total. The van der Waals surface area contributed by atoms with E-state index in [2.05, 4.69) is 25.9 Å². The first-order valence-corrected chi connectivity index (χ1v) is 8.75. The van der Waals surface area contributed by atoms with Gasteiger partial charge in [0.25, 0.3) is 0 Å². The smallest absolute Gasteiger partial charge is 0.390 e. The van der Waals surface area contributed by atoms with Crippen LogP contribution in [0, 0.1) is 0 Å². The number of hydrogen-bond acceptors (Lipinski definition) is 5. The Kier molecular flexibility index (Phi) is 5.28. The van der Waals surface area contributed by atoms with Crippen LogP contribution < -0.4 is 4.74 Å². The van der Waals surface area contributed by atoms with Crippen molar-refractivity contribution in [3.05, 3.63) is 16.9 Å². The summed E-state index contributed by atoms with van der Waals surface area (Å²) in [7, 11) is -3.94. The van der Waals surface area contributed by atoms with Crippen molar-refractivity contribution in [3.63, 3.8) is 0 Å². The third kappa shape index (κ3) is 5.06. The minimum Gasteiger partial charge on any atom is -0.459 e. The molecule has 0 aromatic carbocycles. The molecule has 0 bridgehead atoms. The van der Waals surface area contributed by atoms with Gasteiger partial charge in [-0.15, -0.1) is 0 Å². The third-order valence-corrected chi connectivity index (χ3v) is 5.26. The molecule has 1 aliphatic heterocycles. The summed E-state index contributed by atoms with van der Waals surface area (Å²) in [6.07, 6.45) is -2.97. The van der Waals surface area contributed by atoms with Gasteiger partial charge in [-0.05, 0) is 22.4 Å². The van der Waals surface area contributed by atoms with Crippen LogP contribution in [0.5, 0.6) is 6.01 Å². The van der Waals surface area contributed by atoms with Crippen LogP contribution >= 0.6 is 15.9 Å². The van der Waals surface area contributed by atoms with Crippen molar-refractivity contribution < 1.29 is 26.3 Å². The van der Waals surface area contributed by atoms with E-state index >= 15 is 0 Å². The summed E-state index contributed by atoms with van der Waals surface area (Å²) in [5.74, 6) is -0.946. The van der Waals surface area contributed by atoms with E-state index in [1.807, 2.05) is 0 Å². The second-order valence-electron chi connectivity index (χ2n) is 4.75. The molecule has 0 radical (unpaired) electrons. The Balaban J connectivity index is 1.90. The summed E-state index contributed by atoms with van der Waals surface area (Å²) < 4.78 is 67.3. The highest BCUT2D eigenvalue weighted by atomic mass is 79.9. The molecule has 11 heteroatoms. The molecule has 1 aromatic heterocycles. The minimum atomic E-state index is -4.49. The van der Waals surface area contributed by atoms with Crippen molar-refractivity contribution in [3.8, 4) is 6.01 Å². The number of hydrogen-bond donors (Lipinski definition) is 0. The first-order chi connectivity index (χ1) is 10.2. The lowest BCUT2D eigenvalue weighted by Crippen LogP contribution is -2.34. The summed E-state index contributed by atoms with van der Waals surface area (Å²) >= 11 is 3.17. The molecule has 124 valence electrons. The van der Waals surface area contributed by atoms with Gasteiger partial charge < -0.3 is 4.74 Å². The van der Waals surface area contributed by atoms with Crippen LogP contribution in [0.15, 0.2) is 16.9 Å². The Morgan fingerprint density at radius 2 is 2.00 bits per heavy atom. The maximum absolute atomic E-state index is 12.1. The van der Waals surface area contributed by atoms with Crippen LogP contribution in [-0.4, -0.2) is 53.8 Å². The van der Waals surface area contributed by atoms with Gasteiger partial charge in [-0.1, -0.05) is 0 Å². The van der Waals surface area contributed by atoms with Crippen LogP contribution in [0.1, 0.15) is 12.8 Å². The molecule has 1 saturated heterocycles. The SMILES string of the molecule is O=S(=O)(CCC(F)(F)F)N1CC[C@@H](Oc2ncc(Br)cn2)C1. The van der Waals surface area contributed by atoms with Crippen LogP contribution in [0.4, 0.5) is 13.2 Å². The molecule has 1 atom stereocenters. The van der Waals surface area contributed by atoms with Crippen LogP contribution in [0.3, 0.4) is 0 Å². The zero-order valence-corrected chi connectivity index (χ0v) is 13.7. The molecule has 0 aliphatic carbocycles. The molecule has 2 heterocycles. The van der Waals surface area contributed by atoms with E-state index in [0.717, 1.165) is 4.31 Å². The molecule has 0 amide bonds. The predicted octanol–water partition coefficient (Wildman–Crippen LogP) is 1.97. The number of ether oxygens (including phenoxy) is 1. The van der Waals surface area contributed by atoms with E-state index in [-0.39, 0.29) is 19.1 Å². The summed E-state index contributed by atoms with van der Waals surface area (Å²) in [6, 6.07) is 0.0998. The minimum absolute atomic E-state index is 0.000383. The zero-order chi connectivity index (χ0) is 16.4. The molecule has 1 aromatic rings. The summed E-state index contributed by atoms with van der Waals surface area (Å²) in [5, 5.41) is 0. The first-order valence-electron chi connectivity index (χ1n) is 6.34. The Labute approximate surface area is 133 Å². The maximum Gasteiger partial charge on any atom is 0.390 e. The Bertz CT molecular complexity index is 609. The van der Waals surface area contributed by atoms with Crippen LogP contribution in [0.25, 0.3) is 0 Å². The normalized spacial score (nSPS) is 20.3. The third-order valence-electron chi connectivity index (χ3n) is 3.01. The van der Waals surface area contributed by atoms with Gasteiger partial charge in [-0.3, -0.25) is 0 Å². The van der Waals surface area contributed by atoms with E-state index < -0.39 is 34.5 Å². The molecular weight excluding hydrogens is 391 g/mol. The fourth-order valence-corrected chi connectivity index (χ4v) is 3.66. The van der Waals surface area contributed by atoms with E-state index in [9.17, 15) is 21.6 Å². The number of rotatable bonds is 5. The number of sulfonamides is 1. The number of alkyl halides is 3. The molecule has 2 rings (SSSR count). The van der Waals surface area contributed by atoms with Gasteiger partial charge in [0.1, 0.15) is 6.10 Å². The van der Waals surface area contributed by atoms with Crippen LogP contribution in [0.2, 0.25) is 0 Å². The van der Waals surface area contributed by atoms with Gasteiger partial charge in [0.05, 0.1) is 23.2 Å². The van der Waals surface area contributed by atoms with Gasteiger partial charge in [-0.2, -0.15) is 17.5 Å². The van der Waals surface area contributed by atoms with Crippen molar-refractivity contribution in [2.24, 2.45) is 0 Å². The highest BCUT2D eigenvalue weighted by molar-refractivity contribution is 9.10. The molecule has 1 aliphatic rings. The predicted molar refractivity (Wildman–Crippen MR) is 74.8 cm³/mol. The van der Waals surface area contributed by atoms with Gasteiger partial charge in [-0.25, -0.2) is 18.4 Å². The number of aromatic nitrogens is 2. The standard InChI is InChI=1S/C11H13BrF3N3O3S/c12-8-5-16-10(17-6-8)21-9-1-3-18(7-9)22(19,20)4-2-11(13,14)15/h5-6,9H,1-4,7H2/t9-/m1/s1. The highest BCUT2D eigenvalue weighted by Gasteiger charge is 2.36. The lowest BCUT2D eigenvalue weighted by Gasteiger charge is -2.17. The average molecular weight is 404 g/mol. The molecular formula is C11H13BrF3N3O3S. The van der Waals surface area contributed by atoms with Crippen LogP contribution in [-0.2, 0) is 10.0 Å². The van der Waals surface area contributed by atoms with Crippen molar-refractivity contribution in [1.29, 1.82) is 0 Å². The monoisotopic (exact) mass is 403 g/mol. The molecule has 6 nitrogen and oxygen atoms in total. The first kappa shape index (κ1) is 17.4. The summed E-state index contributed by atoms with van der Waals surface area (Å²) in [5.41, 5.74) is 0. The summed E-state index contributed by atoms with van der Waals surface area (Å²) in [4.78, 5) is 7.80. The zero-order valence-electron chi connectivity index (χ0n) is 11.3. The van der Waals surface area contributed by atoms with Crippen molar-refractivity contribution in [1.82, 2.24) is 14.3 Å². The second kappa shape index (κ2) is 6.67. The highest BCUT2D eigenvalue weighted by Crippen LogP contribution is 2.24. The average Bonchev–Trinajstić information content (AvgIpc) is 2.88.